The lowest BCUT2D eigenvalue weighted by Gasteiger charge is -2.25. The van der Waals surface area contributed by atoms with Crippen molar-refractivity contribution in [2.45, 2.75) is 23.2 Å². The topological polar surface area (TPSA) is 58.2 Å². The molecule has 0 spiro atoms. The summed E-state index contributed by atoms with van der Waals surface area (Å²) in [6.07, 6.45) is -0.265. The van der Waals surface area contributed by atoms with Gasteiger partial charge < -0.3 is 10.6 Å². The van der Waals surface area contributed by atoms with Crippen molar-refractivity contribution in [2.24, 2.45) is 0 Å². The van der Waals surface area contributed by atoms with E-state index in [0.29, 0.717) is 10.7 Å². The zero-order chi connectivity index (χ0) is 20.2. The number of hydrogen-bond acceptors (Lipinski definition) is 2. The van der Waals surface area contributed by atoms with E-state index in [-0.39, 0.29) is 17.0 Å². The summed E-state index contributed by atoms with van der Waals surface area (Å²) in [6, 6.07) is 9.92. The summed E-state index contributed by atoms with van der Waals surface area (Å²) < 4.78 is -1.90. The minimum absolute atomic E-state index is 0.180. The summed E-state index contributed by atoms with van der Waals surface area (Å²) in [5, 5.41) is 5.71. The van der Waals surface area contributed by atoms with Gasteiger partial charge in [-0.2, -0.15) is 0 Å². The van der Waals surface area contributed by atoms with Crippen molar-refractivity contribution in [1.29, 1.82) is 0 Å². The number of carbonyl (C=O) groups is 2. The molecule has 144 valence electrons. The minimum atomic E-state index is -1.90. The number of anilines is 1. The zero-order valence-corrected chi connectivity index (χ0v) is 17.8. The van der Waals surface area contributed by atoms with E-state index in [1.54, 1.807) is 12.1 Å². The molecule has 0 radical (unpaired) electrons. The molecule has 2 amide bonds. The molecule has 0 saturated heterocycles. The molecule has 0 saturated carbocycles. The van der Waals surface area contributed by atoms with E-state index in [2.05, 4.69) is 10.6 Å². The molecule has 0 aliphatic heterocycles. The third-order valence-corrected chi connectivity index (χ3v) is 4.97. The second kappa shape index (κ2) is 9.35. The maximum Gasteiger partial charge on any atom is 0.319 e. The van der Waals surface area contributed by atoms with Crippen LogP contribution < -0.4 is 10.6 Å². The van der Waals surface area contributed by atoms with Gasteiger partial charge in [0.05, 0.1) is 11.1 Å². The van der Waals surface area contributed by atoms with Crippen LogP contribution in [-0.2, 0) is 0 Å². The highest BCUT2D eigenvalue weighted by atomic mass is 35.6. The maximum absolute atomic E-state index is 12.5. The molecule has 0 aromatic heterocycles. The second-order valence-electron chi connectivity index (χ2n) is 5.81. The van der Waals surface area contributed by atoms with Crippen molar-refractivity contribution in [3.8, 4) is 0 Å². The number of Topliss-reactive ketones (excluding diaryl/α,β-unsaturated/α-hetero) is 1. The number of amides is 2. The van der Waals surface area contributed by atoms with E-state index < -0.39 is 21.6 Å². The standard InChI is InChI=1S/C18H15Cl5N2O2/c1-10-2-5-12(6-3-10)24-17(27)25-16(18(21,22)23)9-15(26)13-7-4-11(19)8-14(13)20/h2-8,16H,9H2,1H3,(H2,24,25,27). The van der Waals surface area contributed by atoms with Gasteiger partial charge in [-0.1, -0.05) is 75.7 Å². The quantitative estimate of drug-likeness (QED) is 0.392. The van der Waals surface area contributed by atoms with Crippen molar-refractivity contribution in [3.63, 3.8) is 0 Å². The van der Waals surface area contributed by atoms with Gasteiger partial charge in [-0.15, -0.1) is 0 Å². The number of aryl methyl sites for hydroxylation is 1. The molecule has 9 heteroatoms. The van der Waals surface area contributed by atoms with Gasteiger partial charge in [-0.05, 0) is 37.3 Å². The Morgan fingerprint density at radius 3 is 2.22 bits per heavy atom. The first-order valence-electron chi connectivity index (χ1n) is 7.75. The molecule has 2 aromatic rings. The third kappa shape index (κ3) is 6.74. The first kappa shape index (κ1) is 22.1. The maximum atomic E-state index is 12.5. The van der Waals surface area contributed by atoms with E-state index in [9.17, 15) is 9.59 Å². The Labute approximate surface area is 182 Å². The monoisotopic (exact) mass is 466 g/mol. The number of benzene rings is 2. The smallest absolute Gasteiger partial charge is 0.319 e. The highest BCUT2D eigenvalue weighted by molar-refractivity contribution is 6.68. The van der Waals surface area contributed by atoms with Crippen molar-refractivity contribution >= 4 is 75.5 Å². The Kier molecular flexibility index (Phi) is 7.66. The van der Waals surface area contributed by atoms with Gasteiger partial charge in [0.15, 0.2) is 5.78 Å². The number of halogens is 5. The van der Waals surface area contributed by atoms with E-state index in [1.807, 2.05) is 19.1 Å². The Morgan fingerprint density at radius 2 is 1.67 bits per heavy atom. The molecule has 1 unspecified atom stereocenters. The predicted octanol–water partition coefficient (Wildman–Crippen LogP) is 6.44. The van der Waals surface area contributed by atoms with E-state index in [1.165, 1.54) is 18.2 Å². The van der Waals surface area contributed by atoms with Crippen LogP contribution in [-0.4, -0.2) is 21.6 Å². The molecule has 0 aliphatic rings. The minimum Gasteiger partial charge on any atom is -0.330 e. The fourth-order valence-corrected chi connectivity index (χ4v) is 3.13. The molecule has 0 bridgehead atoms. The summed E-state index contributed by atoms with van der Waals surface area (Å²) in [4.78, 5) is 24.8. The molecule has 2 rings (SSSR count). The summed E-state index contributed by atoms with van der Waals surface area (Å²) >= 11 is 29.7. The number of alkyl halides is 3. The number of ketones is 1. The van der Waals surface area contributed by atoms with Gasteiger partial charge in [0.2, 0.25) is 3.79 Å². The van der Waals surface area contributed by atoms with Crippen LogP contribution in [0.1, 0.15) is 22.3 Å². The van der Waals surface area contributed by atoms with Crippen molar-refractivity contribution < 1.29 is 9.59 Å². The number of carbonyl (C=O) groups excluding carboxylic acids is 2. The fourth-order valence-electron chi connectivity index (χ4n) is 2.22. The third-order valence-electron chi connectivity index (χ3n) is 3.63. The van der Waals surface area contributed by atoms with Gasteiger partial charge in [-0.3, -0.25) is 4.79 Å². The van der Waals surface area contributed by atoms with Crippen LogP contribution in [0.25, 0.3) is 0 Å². The number of rotatable bonds is 5. The lowest BCUT2D eigenvalue weighted by atomic mass is 10.0. The van der Waals surface area contributed by atoms with E-state index >= 15 is 0 Å². The normalized spacial score (nSPS) is 12.4. The molecule has 2 N–H and O–H groups in total. The summed E-state index contributed by atoms with van der Waals surface area (Å²) in [6.45, 7) is 1.93. The molecule has 0 fully saturated rings. The average Bonchev–Trinajstić information content (AvgIpc) is 2.55. The van der Waals surface area contributed by atoms with Gasteiger partial charge in [0.25, 0.3) is 0 Å². The average molecular weight is 469 g/mol. The van der Waals surface area contributed by atoms with E-state index in [0.717, 1.165) is 5.56 Å². The van der Waals surface area contributed by atoms with Crippen LogP contribution in [0, 0.1) is 6.92 Å². The van der Waals surface area contributed by atoms with Crippen LogP contribution in [0.4, 0.5) is 10.5 Å². The van der Waals surface area contributed by atoms with Crippen molar-refractivity contribution in [2.75, 3.05) is 5.32 Å². The van der Waals surface area contributed by atoms with Gasteiger partial charge in [0, 0.05) is 22.7 Å². The summed E-state index contributed by atoms with van der Waals surface area (Å²) in [5.41, 5.74) is 1.83. The van der Waals surface area contributed by atoms with Crippen LogP contribution in [0.2, 0.25) is 10.0 Å². The zero-order valence-electron chi connectivity index (χ0n) is 14.0. The van der Waals surface area contributed by atoms with Crippen molar-refractivity contribution in [1.82, 2.24) is 5.32 Å². The molecule has 1 atom stereocenters. The summed E-state index contributed by atoms with van der Waals surface area (Å²) in [7, 11) is 0. The number of urea groups is 1. The van der Waals surface area contributed by atoms with E-state index in [4.69, 9.17) is 58.0 Å². The lowest BCUT2D eigenvalue weighted by molar-refractivity contribution is 0.0971. The molecule has 2 aromatic carbocycles. The van der Waals surface area contributed by atoms with Gasteiger partial charge in [0.1, 0.15) is 0 Å². The lowest BCUT2D eigenvalue weighted by Crippen LogP contribution is -2.46. The Morgan fingerprint density at radius 1 is 1.04 bits per heavy atom. The number of hydrogen-bond donors (Lipinski definition) is 2. The number of nitrogens with one attached hydrogen (secondary N) is 2. The van der Waals surface area contributed by atoms with Crippen molar-refractivity contribution in [3.05, 3.63) is 63.6 Å². The fraction of sp³-hybridized carbons (Fsp3) is 0.222. The predicted molar refractivity (Wildman–Crippen MR) is 113 cm³/mol. The largest absolute Gasteiger partial charge is 0.330 e. The Bertz CT molecular complexity index is 835. The van der Waals surface area contributed by atoms with Crippen LogP contribution in [0.5, 0.6) is 0 Å². The first-order valence-corrected chi connectivity index (χ1v) is 9.64. The summed E-state index contributed by atoms with van der Waals surface area (Å²) in [5.74, 6) is -0.399. The highest BCUT2D eigenvalue weighted by Gasteiger charge is 2.36. The van der Waals surface area contributed by atoms with Crippen LogP contribution in [0.15, 0.2) is 42.5 Å². The SMILES string of the molecule is Cc1ccc(NC(=O)NC(CC(=O)c2ccc(Cl)cc2Cl)C(Cl)(Cl)Cl)cc1. The molecule has 4 nitrogen and oxygen atoms in total. The highest BCUT2D eigenvalue weighted by Crippen LogP contribution is 2.33. The van der Waals surface area contributed by atoms with Gasteiger partial charge >= 0.3 is 6.03 Å². The molecule has 0 aliphatic carbocycles. The molecular formula is C18H15Cl5N2O2. The molecular weight excluding hydrogens is 453 g/mol. The molecule has 0 heterocycles. The second-order valence-corrected chi connectivity index (χ2v) is 9.02. The van der Waals surface area contributed by atoms with Crippen LogP contribution >= 0.6 is 58.0 Å². The Hall–Kier alpha value is -1.17. The van der Waals surface area contributed by atoms with Gasteiger partial charge in [-0.25, -0.2) is 4.79 Å². The molecule has 27 heavy (non-hydrogen) atoms. The van der Waals surface area contributed by atoms with Crippen LogP contribution in [0.3, 0.4) is 0 Å². The first-order chi connectivity index (χ1) is 12.6. The Balaban J connectivity index is 2.09.